The predicted molar refractivity (Wildman–Crippen MR) is 71.7 cm³/mol. The number of aryl methyl sites for hydroxylation is 1. The Labute approximate surface area is 103 Å². The van der Waals surface area contributed by atoms with Crippen molar-refractivity contribution >= 4 is 11.8 Å². The first-order valence-corrected chi connectivity index (χ1v) is 6.70. The molecule has 1 aromatic rings. The van der Waals surface area contributed by atoms with Crippen LogP contribution in [-0.2, 0) is 13.6 Å². The largest absolute Gasteiger partial charge is 0.337 e. The Hall–Kier alpha value is -0.480. The molecule has 4 heteroatoms. The third-order valence-corrected chi connectivity index (χ3v) is 3.83. The molecule has 0 bridgehead atoms. The van der Waals surface area contributed by atoms with Crippen molar-refractivity contribution in [1.82, 2.24) is 14.9 Å². The molecule has 1 unspecified atom stereocenters. The third-order valence-electron chi connectivity index (χ3n) is 2.30. The summed E-state index contributed by atoms with van der Waals surface area (Å²) in [5, 5.41) is 3.49. The fourth-order valence-corrected chi connectivity index (χ4v) is 2.13. The number of rotatable bonds is 5. The van der Waals surface area contributed by atoms with Crippen LogP contribution >= 0.6 is 11.8 Å². The topological polar surface area (TPSA) is 29.9 Å². The van der Waals surface area contributed by atoms with Crippen LogP contribution in [0.4, 0.5) is 0 Å². The molecule has 1 atom stereocenters. The fraction of sp³-hybridized carbons (Fsp3) is 0.750. The van der Waals surface area contributed by atoms with Gasteiger partial charge in [0.1, 0.15) is 5.82 Å². The molecule has 0 aliphatic heterocycles. The zero-order valence-electron chi connectivity index (χ0n) is 10.9. The van der Waals surface area contributed by atoms with Gasteiger partial charge in [0.2, 0.25) is 0 Å². The van der Waals surface area contributed by atoms with E-state index in [2.05, 4.69) is 42.6 Å². The molecule has 0 spiro atoms. The van der Waals surface area contributed by atoms with Gasteiger partial charge in [0.15, 0.2) is 0 Å². The van der Waals surface area contributed by atoms with Gasteiger partial charge in [0.25, 0.3) is 0 Å². The Morgan fingerprint density at radius 1 is 1.50 bits per heavy atom. The quantitative estimate of drug-likeness (QED) is 0.858. The summed E-state index contributed by atoms with van der Waals surface area (Å²) >= 11 is 1.99. The summed E-state index contributed by atoms with van der Waals surface area (Å²) < 4.78 is 2.40. The van der Waals surface area contributed by atoms with E-state index in [1.54, 1.807) is 0 Å². The highest BCUT2D eigenvalue weighted by molar-refractivity contribution is 8.00. The molecule has 0 aromatic carbocycles. The van der Waals surface area contributed by atoms with Crippen molar-refractivity contribution in [2.45, 2.75) is 45.0 Å². The average molecular weight is 241 g/mol. The van der Waals surface area contributed by atoms with Crippen molar-refractivity contribution in [1.29, 1.82) is 0 Å². The van der Waals surface area contributed by atoms with Gasteiger partial charge in [-0.05, 0) is 6.92 Å². The lowest BCUT2D eigenvalue weighted by molar-refractivity contribution is 0.565. The predicted octanol–water partition coefficient (Wildman–Crippen LogP) is 2.43. The molecule has 0 amide bonds. The van der Waals surface area contributed by atoms with Crippen molar-refractivity contribution < 1.29 is 0 Å². The van der Waals surface area contributed by atoms with Crippen LogP contribution in [0.25, 0.3) is 0 Å². The van der Waals surface area contributed by atoms with Gasteiger partial charge in [-0.15, -0.1) is 0 Å². The number of nitrogens with one attached hydrogen (secondary N) is 1. The monoisotopic (exact) mass is 241 g/mol. The van der Waals surface area contributed by atoms with Crippen LogP contribution in [0.15, 0.2) is 12.4 Å². The van der Waals surface area contributed by atoms with Crippen LogP contribution in [0.1, 0.15) is 33.5 Å². The van der Waals surface area contributed by atoms with Crippen LogP contribution in [-0.4, -0.2) is 26.1 Å². The average Bonchev–Trinajstić information content (AvgIpc) is 2.57. The zero-order valence-corrected chi connectivity index (χ0v) is 11.8. The summed E-state index contributed by atoms with van der Waals surface area (Å²) in [6, 6.07) is 0.515. The molecule has 0 aliphatic rings. The van der Waals surface area contributed by atoms with E-state index in [1.807, 2.05) is 31.2 Å². The molecular formula is C12H23N3S. The lowest BCUT2D eigenvalue weighted by Crippen LogP contribution is -2.30. The normalized spacial score (nSPS) is 14.1. The SMILES string of the molecule is CC(CSC(C)(C)C)NCc1nccn1C. The van der Waals surface area contributed by atoms with Crippen LogP contribution in [0.2, 0.25) is 0 Å². The molecule has 0 fully saturated rings. The molecule has 0 saturated carbocycles. The maximum Gasteiger partial charge on any atom is 0.122 e. The van der Waals surface area contributed by atoms with Gasteiger partial charge in [-0.3, -0.25) is 0 Å². The number of thioether (sulfide) groups is 1. The summed E-state index contributed by atoms with van der Waals surface area (Å²) in [5.41, 5.74) is 0. The second-order valence-corrected chi connectivity index (χ2v) is 7.01. The Bertz CT molecular complexity index is 314. The van der Waals surface area contributed by atoms with Gasteiger partial charge in [-0.2, -0.15) is 11.8 Å². The lowest BCUT2D eigenvalue weighted by atomic mass is 10.3. The maximum absolute atomic E-state index is 4.29. The minimum Gasteiger partial charge on any atom is -0.337 e. The Kier molecular flexibility index (Phi) is 4.87. The molecule has 1 aromatic heterocycles. The highest BCUT2D eigenvalue weighted by Gasteiger charge is 2.12. The van der Waals surface area contributed by atoms with E-state index in [0.717, 1.165) is 18.1 Å². The van der Waals surface area contributed by atoms with Crippen LogP contribution in [0, 0.1) is 0 Å². The third kappa shape index (κ3) is 5.03. The second kappa shape index (κ2) is 5.73. The number of hydrogen-bond donors (Lipinski definition) is 1. The highest BCUT2D eigenvalue weighted by atomic mass is 32.2. The maximum atomic E-state index is 4.29. The first-order chi connectivity index (χ1) is 7.38. The number of imidazole rings is 1. The summed E-state index contributed by atoms with van der Waals surface area (Å²) in [6.45, 7) is 9.83. The van der Waals surface area contributed by atoms with E-state index in [9.17, 15) is 0 Å². The smallest absolute Gasteiger partial charge is 0.122 e. The molecule has 0 aliphatic carbocycles. The van der Waals surface area contributed by atoms with E-state index in [1.165, 1.54) is 0 Å². The minimum atomic E-state index is 0.346. The molecule has 1 rings (SSSR count). The number of hydrogen-bond acceptors (Lipinski definition) is 3. The van der Waals surface area contributed by atoms with Crippen molar-refractivity contribution in [2.24, 2.45) is 7.05 Å². The lowest BCUT2D eigenvalue weighted by Gasteiger charge is -2.21. The molecule has 0 radical (unpaired) electrons. The van der Waals surface area contributed by atoms with Crippen molar-refractivity contribution in [3.05, 3.63) is 18.2 Å². The summed E-state index contributed by atoms with van der Waals surface area (Å²) in [4.78, 5) is 4.29. The van der Waals surface area contributed by atoms with Gasteiger partial charge in [0, 0.05) is 36.0 Å². The van der Waals surface area contributed by atoms with Crippen molar-refractivity contribution in [2.75, 3.05) is 5.75 Å². The van der Waals surface area contributed by atoms with Gasteiger partial charge in [0.05, 0.1) is 6.54 Å². The van der Waals surface area contributed by atoms with Gasteiger partial charge < -0.3 is 9.88 Å². The number of aromatic nitrogens is 2. The summed E-state index contributed by atoms with van der Waals surface area (Å²) in [5.74, 6) is 2.22. The van der Waals surface area contributed by atoms with Crippen molar-refractivity contribution in [3.8, 4) is 0 Å². The van der Waals surface area contributed by atoms with E-state index >= 15 is 0 Å². The molecule has 1 heterocycles. The summed E-state index contributed by atoms with van der Waals surface area (Å²) in [6.07, 6.45) is 3.82. The van der Waals surface area contributed by atoms with E-state index in [-0.39, 0.29) is 0 Å². The first-order valence-electron chi connectivity index (χ1n) is 5.72. The molecule has 92 valence electrons. The first kappa shape index (κ1) is 13.6. The van der Waals surface area contributed by atoms with E-state index < -0.39 is 0 Å². The zero-order chi connectivity index (χ0) is 12.2. The fourth-order valence-electron chi connectivity index (χ4n) is 1.27. The molecule has 1 N–H and O–H groups in total. The van der Waals surface area contributed by atoms with E-state index in [4.69, 9.17) is 0 Å². The second-order valence-electron chi connectivity index (χ2n) is 5.16. The highest BCUT2D eigenvalue weighted by Crippen LogP contribution is 2.23. The number of nitrogens with zero attached hydrogens (tertiary/aromatic N) is 2. The van der Waals surface area contributed by atoms with Gasteiger partial charge in [-0.1, -0.05) is 20.8 Å². The van der Waals surface area contributed by atoms with Gasteiger partial charge in [-0.25, -0.2) is 4.98 Å². The standard InChI is InChI=1S/C12H23N3S/c1-10(9-16-12(2,3)4)14-8-11-13-6-7-15(11)5/h6-7,10,14H,8-9H2,1-5H3. The molecule has 0 saturated heterocycles. The van der Waals surface area contributed by atoms with Crippen LogP contribution in [0.3, 0.4) is 0 Å². The van der Waals surface area contributed by atoms with Gasteiger partial charge >= 0.3 is 0 Å². The Morgan fingerprint density at radius 2 is 2.19 bits per heavy atom. The molecule has 3 nitrogen and oxygen atoms in total. The molecular weight excluding hydrogens is 218 g/mol. The summed E-state index contributed by atoms with van der Waals surface area (Å²) in [7, 11) is 2.03. The van der Waals surface area contributed by atoms with Crippen molar-refractivity contribution in [3.63, 3.8) is 0 Å². The minimum absolute atomic E-state index is 0.346. The molecule has 16 heavy (non-hydrogen) atoms. The van der Waals surface area contributed by atoms with E-state index in [0.29, 0.717) is 10.8 Å². The Morgan fingerprint density at radius 3 is 2.69 bits per heavy atom. The van der Waals surface area contributed by atoms with Crippen LogP contribution in [0.5, 0.6) is 0 Å². The van der Waals surface area contributed by atoms with Crippen LogP contribution < -0.4 is 5.32 Å². The Balaban J connectivity index is 2.25.